The Hall–Kier alpha value is -1.27. The van der Waals surface area contributed by atoms with Crippen molar-refractivity contribution in [1.82, 2.24) is 9.55 Å². The summed E-state index contributed by atoms with van der Waals surface area (Å²) in [5.74, 6) is 0.136. The SMILES string of the molecule is O=c1[nH]c2c(Cl)cccc2n1C1CCCS1(=O)=O. The van der Waals surface area contributed by atoms with E-state index < -0.39 is 20.9 Å². The summed E-state index contributed by atoms with van der Waals surface area (Å²) in [6.45, 7) is 0. The highest BCUT2D eigenvalue weighted by Crippen LogP contribution is 2.32. The summed E-state index contributed by atoms with van der Waals surface area (Å²) in [7, 11) is -3.24. The smallest absolute Gasteiger partial charge is 0.304 e. The standard InChI is InChI=1S/C11H11ClN2O3S/c12-7-3-1-4-8-10(7)13-11(15)14(8)9-5-2-6-18(9,16)17/h1,3-4,9H,2,5-6H2,(H,13,15). The molecule has 0 saturated carbocycles. The Morgan fingerprint density at radius 2 is 2.17 bits per heavy atom. The highest BCUT2D eigenvalue weighted by molar-refractivity contribution is 7.91. The Bertz CT molecular complexity index is 775. The molecule has 0 amide bonds. The van der Waals surface area contributed by atoms with Crippen molar-refractivity contribution in [3.63, 3.8) is 0 Å². The van der Waals surface area contributed by atoms with Crippen LogP contribution in [0.3, 0.4) is 0 Å². The zero-order chi connectivity index (χ0) is 12.9. The number of halogens is 1. The lowest BCUT2D eigenvalue weighted by Gasteiger charge is -2.11. The van der Waals surface area contributed by atoms with Crippen LogP contribution in [0.1, 0.15) is 18.2 Å². The molecule has 18 heavy (non-hydrogen) atoms. The monoisotopic (exact) mass is 286 g/mol. The average molecular weight is 287 g/mol. The van der Waals surface area contributed by atoms with Gasteiger partial charge in [0, 0.05) is 0 Å². The Morgan fingerprint density at radius 1 is 1.39 bits per heavy atom. The fourth-order valence-corrected chi connectivity index (χ4v) is 4.58. The first-order valence-electron chi connectivity index (χ1n) is 5.61. The number of nitrogens with one attached hydrogen (secondary N) is 1. The molecule has 0 aliphatic carbocycles. The van der Waals surface area contributed by atoms with Crippen LogP contribution >= 0.6 is 11.6 Å². The highest BCUT2D eigenvalue weighted by atomic mass is 35.5. The van der Waals surface area contributed by atoms with Crippen molar-refractivity contribution in [2.75, 3.05) is 5.75 Å². The van der Waals surface area contributed by atoms with Crippen molar-refractivity contribution >= 4 is 32.5 Å². The Labute approximate surface area is 108 Å². The molecule has 0 radical (unpaired) electrons. The number of rotatable bonds is 1. The Balaban J connectivity index is 2.34. The summed E-state index contributed by atoms with van der Waals surface area (Å²) in [4.78, 5) is 14.6. The van der Waals surface area contributed by atoms with E-state index in [-0.39, 0.29) is 5.75 Å². The van der Waals surface area contributed by atoms with Crippen LogP contribution < -0.4 is 5.69 Å². The van der Waals surface area contributed by atoms with Gasteiger partial charge < -0.3 is 4.98 Å². The second-order valence-corrected chi connectivity index (χ2v) is 7.08. The molecular formula is C11H11ClN2O3S. The van der Waals surface area contributed by atoms with Crippen LogP contribution in [-0.4, -0.2) is 23.7 Å². The zero-order valence-corrected chi connectivity index (χ0v) is 11.0. The molecule has 1 aliphatic rings. The van der Waals surface area contributed by atoms with Crippen molar-refractivity contribution in [3.8, 4) is 0 Å². The third-order valence-corrected chi connectivity index (χ3v) is 5.73. The molecule has 5 nitrogen and oxygen atoms in total. The largest absolute Gasteiger partial charge is 0.327 e. The van der Waals surface area contributed by atoms with E-state index in [2.05, 4.69) is 4.98 Å². The minimum Gasteiger partial charge on any atom is -0.304 e. The van der Waals surface area contributed by atoms with Crippen molar-refractivity contribution in [2.24, 2.45) is 0 Å². The number of para-hydroxylation sites is 1. The molecular weight excluding hydrogens is 276 g/mol. The molecule has 0 bridgehead atoms. The summed E-state index contributed by atoms with van der Waals surface area (Å²) < 4.78 is 25.2. The highest BCUT2D eigenvalue weighted by Gasteiger charge is 2.34. The molecule has 1 aromatic heterocycles. The lowest BCUT2D eigenvalue weighted by Crippen LogP contribution is -2.25. The molecule has 0 spiro atoms. The zero-order valence-electron chi connectivity index (χ0n) is 9.39. The van der Waals surface area contributed by atoms with Gasteiger partial charge in [-0.25, -0.2) is 13.2 Å². The van der Waals surface area contributed by atoms with Gasteiger partial charge in [-0.3, -0.25) is 4.57 Å². The topological polar surface area (TPSA) is 71.9 Å². The van der Waals surface area contributed by atoms with Crippen LogP contribution in [0, 0.1) is 0 Å². The maximum absolute atomic E-state index is 11.9. The maximum atomic E-state index is 11.9. The first kappa shape index (κ1) is 11.8. The number of aromatic amines is 1. The third-order valence-electron chi connectivity index (χ3n) is 3.28. The number of imidazole rings is 1. The summed E-state index contributed by atoms with van der Waals surface area (Å²) in [6, 6.07) is 5.07. The van der Waals surface area contributed by atoms with E-state index in [1.807, 2.05) is 0 Å². The van der Waals surface area contributed by atoms with Gasteiger partial charge >= 0.3 is 5.69 Å². The van der Waals surface area contributed by atoms with Gasteiger partial charge in [0.15, 0.2) is 9.84 Å². The summed E-state index contributed by atoms with van der Waals surface area (Å²) >= 11 is 5.99. The number of hydrogen-bond acceptors (Lipinski definition) is 3. The minimum absolute atomic E-state index is 0.136. The van der Waals surface area contributed by atoms with E-state index in [1.165, 1.54) is 4.57 Å². The first-order chi connectivity index (χ1) is 8.50. The molecule has 1 N–H and O–H groups in total. The minimum atomic E-state index is -3.24. The molecule has 1 fully saturated rings. The average Bonchev–Trinajstić information content (AvgIpc) is 2.79. The van der Waals surface area contributed by atoms with E-state index in [9.17, 15) is 13.2 Å². The number of aromatic nitrogens is 2. The third kappa shape index (κ3) is 1.59. The predicted octanol–water partition coefficient (Wildman–Crippen LogP) is 1.69. The van der Waals surface area contributed by atoms with E-state index >= 15 is 0 Å². The molecule has 1 saturated heterocycles. The lowest BCUT2D eigenvalue weighted by atomic mass is 10.3. The molecule has 2 aromatic rings. The van der Waals surface area contributed by atoms with Gasteiger partial charge in [0.1, 0.15) is 5.37 Å². The number of nitrogens with zero attached hydrogens (tertiary/aromatic N) is 1. The van der Waals surface area contributed by atoms with Crippen LogP contribution in [0.5, 0.6) is 0 Å². The summed E-state index contributed by atoms with van der Waals surface area (Å²) in [5.41, 5.74) is 0.614. The van der Waals surface area contributed by atoms with Gasteiger partial charge in [0.25, 0.3) is 0 Å². The fraction of sp³-hybridized carbons (Fsp3) is 0.364. The van der Waals surface area contributed by atoms with Crippen LogP contribution in [-0.2, 0) is 9.84 Å². The molecule has 7 heteroatoms. The number of H-pyrrole nitrogens is 1. The van der Waals surface area contributed by atoms with Crippen molar-refractivity contribution in [2.45, 2.75) is 18.2 Å². The maximum Gasteiger partial charge on any atom is 0.327 e. The first-order valence-corrected chi connectivity index (χ1v) is 7.70. The van der Waals surface area contributed by atoms with Crippen molar-refractivity contribution < 1.29 is 8.42 Å². The molecule has 1 atom stereocenters. The van der Waals surface area contributed by atoms with Gasteiger partial charge in [-0.2, -0.15) is 0 Å². The van der Waals surface area contributed by atoms with Gasteiger partial charge in [-0.05, 0) is 25.0 Å². The summed E-state index contributed by atoms with van der Waals surface area (Å²) in [6.07, 6.45) is 1.06. The van der Waals surface area contributed by atoms with E-state index in [0.29, 0.717) is 28.9 Å². The van der Waals surface area contributed by atoms with Crippen LogP contribution in [0.2, 0.25) is 5.02 Å². The van der Waals surface area contributed by atoms with Crippen LogP contribution in [0.25, 0.3) is 11.0 Å². The summed E-state index contributed by atoms with van der Waals surface area (Å²) in [5, 5.41) is -0.351. The normalized spacial score (nSPS) is 22.6. The predicted molar refractivity (Wildman–Crippen MR) is 69.6 cm³/mol. The van der Waals surface area contributed by atoms with Crippen molar-refractivity contribution in [3.05, 3.63) is 33.7 Å². The second kappa shape index (κ2) is 3.86. The fourth-order valence-electron chi connectivity index (χ4n) is 2.46. The van der Waals surface area contributed by atoms with Gasteiger partial charge in [0.05, 0.1) is 21.8 Å². The van der Waals surface area contributed by atoms with E-state index in [1.54, 1.807) is 18.2 Å². The molecule has 2 heterocycles. The molecule has 96 valence electrons. The molecule has 1 aliphatic heterocycles. The molecule has 3 rings (SSSR count). The van der Waals surface area contributed by atoms with Crippen molar-refractivity contribution in [1.29, 1.82) is 0 Å². The van der Waals surface area contributed by atoms with E-state index in [0.717, 1.165) is 0 Å². The quantitative estimate of drug-likeness (QED) is 0.867. The number of hydrogen-bond donors (Lipinski definition) is 1. The Morgan fingerprint density at radius 3 is 2.83 bits per heavy atom. The number of benzene rings is 1. The lowest BCUT2D eigenvalue weighted by molar-refractivity contribution is 0.556. The van der Waals surface area contributed by atoms with E-state index in [4.69, 9.17) is 11.6 Å². The van der Waals surface area contributed by atoms with Gasteiger partial charge in [0.2, 0.25) is 0 Å². The number of fused-ring (bicyclic) bond motifs is 1. The van der Waals surface area contributed by atoms with Gasteiger partial charge in [-0.1, -0.05) is 17.7 Å². The van der Waals surface area contributed by atoms with Gasteiger partial charge in [-0.15, -0.1) is 0 Å². The Kier molecular flexibility index (Phi) is 2.53. The molecule has 1 unspecified atom stereocenters. The second-order valence-electron chi connectivity index (χ2n) is 4.40. The van der Waals surface area contributed by atoms with Crippen LogP contribution in [0.4, 0.5) is 0 Å². The number of sulfone groups is 1. The van der Waals surface area contributed by atoms with Crippen LogP contribution in [0.15, 0.2) is 23.0 Å². The molecule has 1 aromatic carbocycles.